The van der Waals surface area contributed by atoms with Crippen LogP contribution in [0.5, 0.6) is 5.75 Å². The molecule has 0 amide bonds. The number of rotatable bonds is 4. The van der Waals surface area contributed by atoms with Gasteiger partial charge in [-0.1, -0.05) is 12.1 Å². The van der Waals surface area contributed by atoms with Crippen LogP contribution in [-0.4, -0.2) is 37.3 Å². The van der Waals surface area contributed by atoms with E-state index in [1.165, 1.54) is 0 Å². The maximum atomic E-state index is 5.83. The topological polar surface area (TPSA) is 27.7 Å². The van der Waals surface area contributed by atoms with Gasteiger partial charge in [0.1, 0.15) is 11.4 Å². The first-order valence-electron chi connectivity index (χ1n) is 5.63. The van der Waals surface area contributed by atoms with E-state index in [-0.39, 0.29) is 0 Å². The molecule has 1 fully saturated rings. The van der Waals surface area contributed by atoms with E-state index in [4.69, 9.17) is 14.2 Å². The Balaban J connectivity index is 2.42. The van der Waals surface area contributed by atoms with Crippen molar-refractivity contribution in [3.05, 3.63) is 29.8 Å². The first-order chi connectivity index (χ1) is 8.62. The van der Waals surface area contributed by atoms with Crippen molar-refractivity contribution in [2.45, 2.75) is 10.1 Å². The Labute approximate surface area is 120 Å². The second-order valence-corrected chi connectivity index (χ2v) is 6.45. The molecule has 1 aliphatic heterocycles. The minimum atomic E-state index is -0.492. The van der Waals surface area contributed by atoms with Gasteiger partial charge in [0.15, 0.2) is 4.51 Å². The van der Waals surface area contributed by atoms with Crippen LogP contribution in [0.15, 0.2) is 24.3 Å². The molecule has 0 bridgehead atoms. The Morgan fingerprint density at radius 1 is 1.06 bits per heavy atom. The van der Waals surface area contributed by atoms with Crippen LogP contribution in [0.2, 0.25) is 0 Å². The summed E-state index contributed by atoms with van der Waals surface area (Å²) in [7, 11) is 5.10. The van der Waals surface area contributed by atoms with Crippen molar-refractivity contribution in [3.63, 3.8) is 0 Å². The van der Waals surface area contributed by atoms with Crippen molar-refractivity contribution in [1.29, 1.82) is 0 Å². The van der Waals surface area contributed by atoms with E-state index >= 15 is 0 Å². The highest BCUT2D eigenvalue weighted by molar-refractivity contribution is 9.10. The van der Waals surface area contributed by atoms with Gasteiger partial charge in [0.25, 0.3) is 0 Å². The Kier molecular flexibility index (Phi) is 4.26. The maximum absolute atomic E-state index is 5.83. The third kappa shape index (κ3) is 2.07. The van der Waals surface area contributed by atoms with Crippen LogP contribution in [0.1, 0.15) is 5.56 Å². The summed E-state index contributed by atoms with van der Waals surface area (Å²) in [5, 5.41) is 0. The molecule has 100 valence electrons. The third-order valence-electron chi connectivity index (χ3n) is 3.42. The molecule has 1 aliphatic rings. The highest BCUT2D eigenvalue weighted by atomic mass is 79.9. The number of hydrogen-bond donors (Lipinski definition) is 0. The molecule has 0 aliphatic carbocycles. The molecule has 1 aromatic rings. The normalized spacial score (nSPS) is 31.6. The van der Waals surface area contributed by atoms with Crippen molar-refractivity contribution in [3.8, 4) is 5.75 Å². The average Bonchev–Trinajstić information content (AvgIpc) is 2.77. The molecule has 2 unspecified atom stereocenters. The lowest BCUT2D eigenvalue weighted by Gasteiger charge is -2.39. The summed E-state index contributed by atoms with van der Waals surface area (Å²) in [6.07, 6.45) is 0. The number of thioether (sulfide) groups is 1. The molecule has 1 aromatic carbocycles. The van der Waals surface area contributed by atoms with Crippen LogP contribution in [0.25, 0.3) is 0 Å². The van der Waals surface area contributed by atoms with Crippen LogP contribution in [0, 0.1) is 0 Å². The van der Waals surface area contributed by atoms with E-state index < -0.39 is 10.1 Å². The van der Waals surface area contributed by atoms with Crippen LogP contribution in [0.3, 0.4) is 0 Å². The summed E-state index contributed by atoms with van der Waals surface area (Å²) in [6, 6.07) is 7.96. The fraction of sp³-hybridized carbons (Fsp3) is 0.538. The fourth-order valence-corrected chi connectivity index (χ4v) is 4.99. The van der Waals surface area contributed by atoms with E-state index in [1.54, 1.807) is 21.3 Å². The number of halogens is 1. The Morgan fingerprint density at radius 2 is 1.72 bits per heavy atom. The highest BCUT2D eigenvalue weighted by Crippen LogP contribution is 2.52. The van der Waals surface area contributed by atoms with Crippen molar-refractivity contribution >= 4 is 27.7 Å². The van der Waals surface area contributed by atoms with Crippen LogP contribution >= 0.6 is 27.7 Å². The van der Waals surface area contributed by atoms with E-state index in [1.807, 2.05) is 36.0 Å². The first kappa shape index (κ1) is 14.2. The van der Waals surface area contributed by atoms with Gasteiger partial charge in [-0.3, -0.25) is 0 Å². The van der Waals surface area contributed by atoms with Gasteiger partial charge < -0.3 is 14.2 Å². The predicted octanol–water partition coefficient (Wildman–Crippen LogP) is 3.02. The Bertz CT molecular complexity index is 411. The Hall–Kier alpha value is -0.230. The standard InChI is InChI=1S/C13H17BrO3S/c1-15-11-6-4-10(5-7-11)12(16-2)8-18-9-13(12,14)17-3/h4-7H,8-9H2,1-3H3. The number of ether oxygens (including phenoxy) is 3. The molecule has 18 heavy (non-hydrogen) atoms. The predicted molar refractivity (Wildman–Crippen MR) is 77.7 cm³/mol. The van der Waals surface area contributed by atoms with Gasteiger partial charge in [-0.25, -0.2) is 0 Å². The molecule has 0 radical (unpaired) electrons. The molecule has 0 N–H and O–H groups in total. The van der Waals surface area contributed by atoms with Gasteiger partial charge in [0, 0.05) is 25.7 Å². The zero-order chi connectivity index (χ0) is 13.2. The van der Waals surface area contributed by atoms with Crippen LogP contribution in [0.4, 0.5) is 0 Å². The molecule has 3 nitrogen and oxygen atoms in total. The van der Waals surface area contributed by atoms with E-state index in [9.17, 15) is 0 Å². The minimum Gasteiger partial charge on any atom is -0.497 e. The van der Waals surface area contributed by atoms with Gasteiger partial charge in [0.05, 0.1) is 7.11 Å². The second-order valence-electron chi connectivity index (χ2n) is 4.19. The molecular weight excluding hydrogens is 316 g/mol. The lowest BCUT2D eigenvalue weighted by atomic mass is 9.90. The molecule has 1 heterocycles. The van der Waals surface area contributed by atoms with E-state index in [2.05, 4.69) is 15.9 Å². The summed E-state index contributed by atoms with van der Waals surface area (Å²) >= 11 is 5.52. The lowest BCUT2D eigenvalue weighted by Crippen LogP contribution is -2.49. The zero-order valence-electron chi connectivity index (χ0n) is 10.7. The quantitative estimate of drug-likeness (QED) is 0.792. The van der Waals surface area contributed by atoms with Crippen molar-refractivity contribution in [2.75, 3.05) is 32.8 Å². The summed E-state index contributed by atoms with van der Waals surface area (Å²) in [6.45, 7) is 0. The molecule has 5 heteroatoms. The van der Waals surface area contributed by atoms with E-state index in [0.29, 0.717) is 0 Å². The SMILES string of the molecule is COc1ccc(C2(OC)CSCC2(Br)OC)cc1. The largest absolute Gasteiger partial charge is 0.497 e. The number of hydrogen-bond acceptors (Lipinski definition) is 4. The summed E-state index contributed by atoms with van der Waals surface area (Å²) in [4.78, 5) is 0. The minimum absolute atomic E-state index is 0.474. The Morgan fingerprint density at radius 3 is 2.22 bits per heavy atom. The molecule has 0 saturated carbocycles. The molecule has 0 spiro atoms. The van der Waals surface area contributed by atoms with Crippen molar-refractivity contribution in [2.24, 2.45) is 0 Å². The maximum Gasteiger partial charge on any atom is 0.165 e. The van der Waals surface area contributed by atoms with Crippen LogP contribution < -0.4 is 4.74 Å². The summed E-state index contributed by atoms with van der Waals surface area (Å²) in [5.41, 5.74) is 0.619. The lowest BCUT2D eigenvalue weighted by molar-refractivity contribution is -0.107. The van der Waals surface area contributed by atoms with E-state index in [0.717, 1.165) is 22.8 Å². The smallest absolute Gasteiger partial charge is 0.165 e. The summed E-state index contributed by atoms with van der Waals surface area (Å²) < 4.78 is 16.2. The second kappa shape index (κ2) is 5.41. The first-order valence-corrected chi connectivity index (χ1v) is 7.58. The molecule has 0 aromatic heterocycles. The highest BCUT2D eigenvalue weighted by Gasteiger charge is 2.56. The van der Waals surface area contributed by atoms with Crippen molar-refractivity contribution in [1.82, 2.24) is 0 Å². The average molecular weight is 333 g/mol. The molecule has 2 atom stereocenters. The number of alkyl halides is 1. The monoisotopic (exact) mass is 332 g/mol. The van der Waals surface area contributed by atoms with Crippen molar-refractivity contribution < 1.29 is 14.2 Å². The zero-order valence-corrected chi connectivity index (χ0v) is 13.1. The molecule has 2 rings (SSSR count). The van der Waals surface area contributed by atoms with Gasteiger partial charge >= 0.3 is 0 Å². The molecule has 1 saturated heterocycles. The van der Waals surface area contributed by atoms with Gasteiger partial charge in [0.2, 0.25) is 0 Å². The van der Waals surface area contributed by atoms with Crippen LogP contribution in [-0.2, 0) is 15.1 Å². The third-order valence-corrected chi connectivity index (χ3v) is 6.26. The number of methoxy groups -OCH3 is 3. The molecular formula is C13H17BrO3S. The van der Waals surface area contributed by atoms with Gasteiger partial charge in [-0.2, -0.15) is 11.8 Å². The number of benzene rings is 1. The van der Waals surface area contributed by atoms with Gasteiger partial charge in [-0.05, 0) is 33.6 Å². The summed E-state index contributed by atoms with van der Waals surface area (Å²) in [5.74, 6) is 2.55. The van der Waals surface area contributed by atoms with Gasteiger partial charge in [-0.15, -0.1) is 0 Å². The fourth-order valence-electron chi connectivity index (χ4n) is 2.26.